The summed E-state index contributed by atoms with van der Waals surface area (Å²) in [7, 11) is 0. The third-order valence-corrected chi connectivity index (χ3v) is 13.6. The molecular formula is C54H33N4S-. The third kappa shape index (κ3) is 4.95. The number of hydrogen-bond donors (Lipinski definition) is 0. The molecule has 1 aliphatic heterocycles. The van der Waals surface area contributed by atoms with E-state index in [2.05, 4.69) is 187 Å². The first-order valence-electron chi connectivity index (χ1n) is 20.2. The smallest absolute Gasteiger partial charge is 0.0836 e. The molecule has 0 amide bonds. The molecule has 276 valence electrons. The Morgan fingerprint density at radius 1 is 0.525 bits per heavy atom. The summed E-state index contributed by atoms with van der Waals surface area (Å²) in [6, 6.07) is 65.9. The van der Waals surface area contributed by atoms with Gasteiger partial charge in [0.15, 0.2) is 0 Å². The summed E-state index contributed by atoms with van der Waals surface area (Å²) < 4.78 is 4.97. The van der Waals surface area contributed by atoms with Crippen LogP contribution in [0.4, 0.5) is 0 Å². The Balaban J connectivity index is 1.10. The summed E-state index contributed by atoms with van der Waals surface area (Å²) in [5, 5.41) is 15.2. The number of nitrogens with zero attached hydrogens (tertiary/aromatic N) is 4. The third-order valence-electron chi connectivity index (χ3n) is 12.4. The van der Waals surface area contributed by atoms with Gasteiger partial charge in [-0.1, -0.05) is 151 Å². The molecule has 0 saturated carbocycles. The second kappa shape index (κ2) is 12.6. The van der Waals surface area contributed by atoms with Gasteiger partial charge in [-0.15, -0.1) is 11.3 Å². The maximum absolute atomic E-state index is 5.53. The van der Waals surface area contributed by atoms with Crippen molar-refractivity contribution in [3.63, 3.8) is 0 Å². The number of thiophene rings is 1. The molecule has 2 aliphatic rings. The zero-order chi connectivity index (χ0) is 38.6. The van der Waals surface area contributed by atoms with Gasteiger partial charge in [-0.2, -0.15) is 0 Å². The van der Waals surface area contributed by atoms with E-state index in [4.69, 9.17) is 15.3 Å². The first-order chi connectivity index (χ1) is 29.2. The molecule has 0 spiro atoms. The first-order valence-corrected chi connectivity index (χ1v) is 21.0. The number of rotatable bonds is 4. The van der Waals surface area contributed by atoms with Gasteiger partial charge < -0.3 is 14.9 Å². The summed E-state index contributed by atoms with van der Waals surface area (Å²) in [6.07, 6.45) is 0.364. The zero-order valence-corrected chi connectivity index (χ0v) is 32.6. The highest BCUT2D eigenvalue weighted by molar-refractivity contribution is 7.26. The van der Waals surface area contributed by atoms with Crippen LogP contribution in [-0.4, -0.2) is 16.2 Å². The average molecular weight is 770 g/mol. The van der Waals surface area contributed by atoms with Crippen molar-refractivity contribution in [2.75, 3.05) is 0 Å². The summed E-state index contributed by atoms with van der Waals surface area (Å²) in [5.74, 6) is 1.38. The summed E-state index contributed by atoms with van der Waals surface area (Å²) >= 11 is 1.82. The Morgan fingerprint density at radius 2 is 1.22 bits per heavy atom. The molecule has 1 aliphatic carbocycles. The standard InChI is InChI=1S/C54H33N4S/c1-2-15-34-30-48-45(27-33(34)14-1)39-20-7-9-25-47(39)58(48)49-31-36(29-44-38-19-6-4-16-35(38)28-46(44)49)52-55-53(42-23-11-17-32-13-3-5-18-37(32)42)57-54(56-52)43-24-12-22-41-40-21-8-10-26-50(40)59-51(41)43/h1-27,29-31,54H,28H2/q-1. The van der Waals surface area contributed by atoms with Crippen molar-refractivity contribution < 1.29 is 0 Å². The van der Waals surface area contributed by atoms with E-state index < -0.39 is 6.17 Å². The van der Waals surface area contributed by atoms with Crippen LogP contribution >= 0.6 is 11.3 Å². The van der Waals surface area contributed by atoms with E-state index in [0.717, 1.165) is 39.6 Å². The molecule has 1 unspecified atom stereocenters. The molecule has 0 N–H and O–H groups in total. The fraction of sp³-hybridized carbons (Fsp3) is 0.0370. The Hall–Kier alpha value is -7.34. The molecule has 0 radical (unpaired) electrons. The number of hydrogen-bond acceptors (Lipinski definition) is 3. The molecule has 13 rings (SSSR count). The van der Waals surface area contributed by atoms with Crippen LogP contribution in [-0.2, 0) is 6.42 Å². The van der Waals surface area contributed by atoms with Crippen molar-refractivity contribution in [2.45, 2.75) is 12.6 Å². The van der Waals surface area contributed by atoms with Crippen molar-refractivity contribution in [3.8, 4) is 16.8 Å². The lowest BCUT2D eigenvalue weighted by molar-refractivity contribution is 0.889. The van der Waals surface area contributed by atoms with Crippen molar-refractivity contribution in [1.82, 2.24) is 4.57 Å². The van der Waals surface area contributed by atoms with E-state index in [1.165, 1.54) is 75.0 Å². The van der Waals surface area contributed by atoms with Crippen LogP contribution in [0.1, 0.15) is 34.0 Å². The quantitative estimate of drug-likeness (QED) is 0.171. The van der Waals surface area contributed by atoms with Crippen LogP contribution in [0.25, 0.3) is 85.7 Å². The molecule has 1 atom stereocenters. The number of fused-ring (bicyclic) bond motifs is 11. The van der Waals surface area contributed by atoms with Crippen LogP contribution in [0.3, 0.4) is 0 Å². The van der Waals surface area contributed by atoms with Gasteiger partial charge in [-0.05, 0) is 96.9 Å². The number of para-hydroxylation sites is 1. The Bertz CT molecular complexity index is 3640. The molecular weight excluding hydrogens is 737 g/mol. The summed E-state index contributed by atoms with van der Waals surface area (Å²) in [6.45, 7) is 0. The Morgan fingerprint density at radius 3 is 2.14 bits per heavy atom. The van der Waals surface area contributed by atoms with E-state index in [1.54, 1.807) is 0 Å². The normalized spacial score (nSPS) is 14.9. The molecule has 3 heterocycles. The minimum atomic E-state index is -0.489. The van der Waals surface area contributed by atoms with Gasteiger partial charge in [0.05, 0.1) is 28.7 Å². The van der Waals surface area contributed by atoms with Crippen LogP contribution in [0, 0.1) is 0 Å². The summed E-state index contributed by atoms with van der Waals surface area (Å²) in [4.78, 5) is 11.0. The lowest BCUT2D eigenvalue weighted by Gasteiger charge is -2.33. The lowest BCUT2D eigenvalue weighted by atomic mass is 9.99. The van der Waals surface area contributed by atoms with Crippen LogP contribution in [0.2, 0.25) is 0 Å². The van der Waals surface area contributed by atoms with Crippen LogP contribution in [0.5, 0.6) is 0 Å². The van der Waals surface area contributed by atoms with E-state index in [-0.39, 0.29) is 0 Å². The van der Waals surface area contributed by atoms with Gasteiger partial charge >= 0.3 is 0 Å². The minimum absolute atomic E-state index is 0.489. The molecule has 11 aromatic rings. The Kier molecular flexibility index (Phi) is 6.97. The highest BCUT2D eigenvalue weighted by atomic mass is 32.1. The van der Waals surface area contributed by atoms with E-state index in [0.29, 0.717) is 11.7 Å². The molecule has 2 aromatic heterocycles. The molecule has 0 bridgehead atoms. The van der Waals surface area contributed by atoms with Gasteiger partial charge in [0.1, 0.15) is 0 Å². The fourth-order valence-corrected chi connectivity index (χ4v) is 10.9. The number of benzene rings is 9. The maximum atomic E-state index is 5.53. The number of aromatic nitrogens is 1. The Labute approximate surface area is 344 Å². The van der Waals surface area contributed by atoms with Crippen molar-refractivity contribution in [1.29, 1.82) is 0 Å². The second-order valence-electron chi connectivity index (χ2n) is 15.7. The van der Waals surface area contributed by atoms with E-state index >= 15 is 0 Å². The minimum Gasteiger partial charge on any atom is -0.438 e. The molecule has 9 aromatic carbocycles. The predicted molar refractivity (Wildman–Crippen MR) is 249 cm³/mol. The van der Waals surface area contributed by atoms with E-state index in [1.807, 2.05) is 11.3 Å². The van der Waals surface area contributed by atoms with E-state index in [9.17, 15) is 0 Å². The maximum Gasteiger partial charge on any atom is 0.0836 e. The number of amidine groups is 2. The van der Waals surface area contributed by atoms with Crippen molar-refractivity contribution >= 4 is 86.5 Å². The van der Waals surface area contributed by atoms with Gasteiger partial charge in [0.25, 0.3) is 0 Å². The van der Waals surface area contributed by atoms with Gasteiger partial charge in [0, 0.05) is 37.4 Å². The molecule has 5 heteroatoms. The van der Waals surface area contributed by atoms with Gasteiger partial charge in [-0.3, -0.25) is 4.99 Å². The number of aliphatic imine (C=N–C) groups is 2. The highest BCUT2D eigenvalue weighted by Crippen LogP contribution is 2.46. The monoisotopic (exact) mass is 769 g/mol. The zero-order valence-electron chi connectivity index (χ0n) is 31.8. The SMILES string of the molecule is c1ccc2c(c1)Cc1c-2cc(C2=NC(c3cccc4c3sc3ccccc34)[N-]C(c3cccc4ccccc34)=N2)cc1-n1c2ccccc2c2cc3ccccc3cc21. The average Bonchev–Trinajstić information content (AvgIpc) is 3.97. The summed E-state index contributed by atoms with van der Waals surface area (Å²) in [5.41, 5.74) is 11.8. The second-order valence-corrected chi connectivity index (χ2v) is 16.7. The lowest BCUT2D eigenvalue weighted by Crippen LogP contribution is -2.17. The van der Waals surface area contributed by atoms with Gasteiger partial charge in [0.2, 0.25) is 0 Å². The largest absolute Gasteiger partial charge is 0.438 e. The van der Waals surface area contributed by atoms with Crippen molar-refractivity contribution in [2.24, 2.45) is 9.98 Å². The van der Waals surface area contributed by atoms with Crippen LogP contribution < -0.4 is 0 Å². The van der Waals surface area contributed by atoms with Crippen LogP contribution in [0.15, 0.2) is 192 Å². The van der Waals surface area contributed by atoms with Gasteiger partial charge in [-0.25, -0.2) is 0 Å². The predicted octanol–water partition coefficient (Wildman–Crippen LogP) is 14.3. The first kappa shape index (κ1) is 32.7. The highest BCUT2D eigenvalue weighted by Gasteiger charge is 2.27. The molecule has 4 nitrogen and oxygen atoms in total. The fourth-order valence-electron chi connectivity index (χ4n) is 9.67. The topological polar surface area (TPSA) is 43.8 Å². The van der Waals surface area contributed by atoms with Crippen molar-refractivity contribution in [3.05, 3.63) is 215 Å². The molecule has 0 fully saturated rings. The molecule has 59 heavy (non-hydrogen) atoms. The molecule has 0 saturated heterocycles.